The van der Waals surface area contributed by atoms with Crippen molar-refractivity contribution in [3.05, 3.63) is 218 Å². The van der Waals surface area contributed by atoms with Crippen LogP contribution in [0.2, 0.25) is 0 Å². The maximum absolute atomic E-state index is 2.42. The van der Waals surface area contributed by atoms with Gasteiger partial charge in [0.15, 0.2) is 0 Å². The molecule has 0 amide bonds. The van der Waals surface area contributed by atoms with E-state index in [1.54, 1.807) is 0 Å². The van der Waals surface area contributed by atoms with Crippen molar-refractivity contribution >= 4 is 64.2 Å². The quantitative estimate of drug-likeness (QED) is 0.0776. The molecule has 4 heteroatoms. The molecule has 0 aliphatic rings. The van der Waals surface area contributed by atoms with Gasteiger partial charge in [0, 0.05) is 0 Å². The summed E-state index contributed by atoms with van der Waals surface area (Å²) in [5, 5.41) is 8.74. The van der Waals surface area contributed by atoms with Gasteiger partial charge in [-0.2, -0.15) is 0 Å². The molecule has 7 aromatic carbocycles. The fourth-order valence-electron chi connectivity index (χ4n) is 6.87. The molecule has 0 bridgehead atoms. The first kappa shape index (κ1) is 34.7. The van der Waals surface area contributed by atoms with Crippen molar-refractivity contribution < 1.29 is 0 Å². The molecule has 0 heterocycles. The molecule has 246 valence electrons. The Morgan fingerprint density at radius 2 is 0.560 bits per heavy atom. The number of hydrogen-bond donors (Lipinski definition) is 0. The molecule has 0 nitrogen and oxygen atoms in total. The molecule has 0 N–H and O–H groups in total. The summed E-state index contributed by atoms with van der Waals surface area (Å²) >= 11 is 0. The van der Waals surface area contributed by atoms with Crippen molar-refractivity contribution in [2.75, 3.05) is 6.16 Å². The summed E-state index contributed by atoms with van der Waals surface area (Å²) in [7, 11) is -1.80. The Balaban J connectivity index is 1.57. The van der Waals surface area contributed by atoms with E-state index < -0.39 is 23.8 Å². The van der Waals surface area contributed by atoms with E-state index in [1.807, 2.05) is 0 Å². The van der Waals surface area contributed by atoms with Crippen LogP contribution in [0.25, 0.3) is 0 Å². The second-order valence-corrected chi connectivity index (χ2v) is 22.0. The summed E-state index contributed by atoms with van der Waals surface area (Å²) in [5.41, 5.74) is 1.44. The molecule has 0 aromatic heterocycles. The molecule has 0 saturated heterocycles. The van der Waals surface area contributed by atoms with E-state index in [0.29, 0.717) is 0 Å². The van der Waals surface area contributed by atoms with Crippen molar-refractivity contribution in [3.63, 3.8) is 0 Å². The van der Waals surface area contributed by atoms with Gasteiger partial charge in [0.05, 0.1) is 4.64 Å². The lowest BCUT2D eigenvalue weighted by Crippen LogP contribution is -2.42. The maximum atomic E-state index is 2.42. The van der Waals surface area contributed by atoms with Crippen LogP contribution in [0.5, 0.6) is 0 Å². The normalized spacial score (nSPS) is 11.9. The smallest absolute Gasteiger partial charge is 0.0549 e. The Bertz CT molecular complexity index is 1670. The summed E-state index contributed by atoms with van der Waals surface area (Å²) in [4.78, 5) is 0. The van der Waals surface area contributed by atoms with Crippen LogP contribution in [-0.2, 0) is 6.16 Å². The van der Waals surface area contributed by atoms with Gasteiger partial charge in [-0.25, -0.2) is 0 Å². The zero-order chi connectivity index (χ0) is 33.9. The topological polar surface area (TPSA) is 0 Å². The molecular formula is C46H42P4. The van der Waals surface area contributed by atoms with E-state index in [2.05, 4.69) is 212 Å². The van der Waals surface area contributed by atoms with Gasteiger partial charge in [-0.15, -0.1) is 8.58 Å². The molecular weight excluding hydrogens is 676 g/mol. The fourth-order valence-corrected chi connectivity index (χ4v) is 22.5. The van der Waals surface area contributed by atoms with Crippen LogP contribution in [0.1, 0.15) is 12.0 Å². The third kappa shape index (κ3) is 7.92. The zero-order valence-corrected chi connectivity index (χ0v) is 31.9. The lowest BCUT2D eigenvalue weighted by atomic mass is 10.2. The summed E-state index contributed by atoms with van der Waals surface area (Å²) in [6, 6.07) is 80.4. The van der Waals surface area contributed by atoms with E-state index in [0.717, 1.165) is 21.2 Å². The Kier molecular flexibility index (Phi) is 12.1. The van der Waals surface area contributed by atoms with Crippen molar-refractivity contribution in [1.29, 1.82) is 0 Å². The van der Waals surface area contributed by atoms with Gasteiger partial charge in [-0.05, 0) is 79.9 Å². The minimum atomic E-state index is -0.881. The van der Waals surface area contributed by atoms with Gasteiger partial charge in [0.25, 0.3) is 0 Å². The van der Waals surface area contributed by atoms with Crippen LogP contribution < -0.4 is 31.8 Å². The molecule has 7 rings (SSSR count). The third-order valence-corrected chi connectivity index (χ3v) is 21.5. The highest BCUT2D eigenvalue weighted by Gasteiger charge is 2.53. The van der Waals surface area contributed by atoms with Gasteiger partial charge in [-0.3, -0.25) is 0 Å². The van der Waals surface area contributed by atoms with E-state index in [4.69, 9.17) is 0 Å². The first-order valence-corrected chi connectivity index (χ1v) is 22.7. The molecule has 7 aromatic rings. The lowest BCUT2D eigenvalue weighted by Gasteiger charge is -2.53. The van der Waals surface area contributed by atoms with Crippen molar-refractivity contribution in [3.8, 4) is 0 Å². The minimum Gasteiger partial charge on any atom is -0.118 e. The number of benzene rings is 7. The molecule has 0 aliphatic carbocycles. The Morgan fingerprint density at radius 3 is 0.820 bits per heavy atom. The lowest BCUT2D eigenvalue weighted by molar-refractivity contribution is 0.992. The third-order valence-electron chi connectivity index (χ3n) is 8.97. The molecule has 0 aliphatic heterocycles. The van der Waals surface area contributed by atoms with E-state index in [9.17, 15) is 0 Å². The molecule has 0 fully saturated rings. The average Bonchev–Trinajstić information content (AvgIpc) is 3.20. The Labute approximate surface area is 304 Å². The molecule has 50 heavy (non-hydrogen) atoms. The molecule has 1 atom stereocenters. The Morgan fingerprint density at radius 1 is 0.320 bits per heavy atom. The number of hydrogen-bond acceptors (Lipinski definition) is 0. The monoisotopic (exact) mass is 718 g/mol. The van der Waals surface area contributed by atoms with Gasteiger partial charge in [0.2, 0.25) is 0 Å². The van der Waals surface area contributed by atoms with Crippen molar-refractivity contribution in [2.45, 2.75) is 17.2 Å². The van der Waals surface area contributed by atoms with Crippen molar-refractivity contribution in [1.82, 2.24) is 0 Å². The molecule has 0 spiro atoms. The van der Waals surface area contributed by atoms with Crippen LogP contribution in [-0.4, -0.2) is 10.8 Å². The highest BCUT2D eigenvalue weighted by atomic mass is 31.2. The van der Waals surface area contributed by atoms with Gasteiger partial charge < -0.3 is 0 Å². The minimum absolute atomic E-state index is 0.127. The fraction of sp³-hybridized carbons (Fsp3) is 0.0870. The maximum Gasteiger partial charge on any atom is 0.0549 e. The highest BCUT2D eigenvalue weighted by molar-refractivity contribution is 8.05. The summed E-state index contributed by atoms with van der Waals surface area (Å²) in [5.74, 6) is 0. The first-order chi connectivity index (χ1) is 24.8. The highest BCUT2D eigenvalue weighted by Crippen LogP contribution is 2.79. The Hall–Kier alpha value is -3.74. The summed E-state index contributed by atoms with van der Waals surface area (Å²) < 4.78 is -0.127. The standard InChI is InChI=1S/C46H42P4/c1-8-22-39(23-9-1)38-47-37-36-46(48(40-24-10-2-11-25-40)41-26-12-3-13-27-41,49(42-28-14-4-15-29-42)43-30-16-5-17-31-43)50(44-32-18-6-19-33-44)45-34-20-7-21-35-45/h1-35,47H,36-38H2. The van der Waals surface area contributed by atoms with Crippen LogP contribution in [0.4, 0.5) is 0 Å². The van der Waals surface area contributed by atoms with Gasteiger partial charge in [-0.1, -0.05) is 212 Å². The first-order valence-electron chi connectivity index (χ1n) is 17.3. The van der Waals surface area contributed by atoms with Gasteiger partial charge in [0.1, 0.15) is 0 Å². The second kappa shape index (κ2) is 17.5. The van der Waals surface area contributed by atoms with Gasteiger partial charge >= 0.3 is 0 Å². The van der Waals surface area contributed by atoms with Crippen molar-refractivity contribution in [2.24, 2.45) is 0 Å². The average molecular weight is 719 g/mol. The molecule has 0 radical (unpaired) electrons. The number of rotatable bonds is 14. The van der Waals surface area contributed by atoms with E-state index in [1.165, 1.54) is 43.6 Å². The predicted molar refractivity (Wildman–Crippen MR) is 228 cm³/mol. The SMILES string of the molecule is c1ccc(CPCCC(P(c2ccccc2)c2ccccc2)(P(c2ccccc2)c2ccccc2)P(c2ccccc2)c2ccccc2)cc1. The largest absolute Gasteiger partial charge is 0.118 e. The van der Waals surface area contributed by atoms with Crippen LogP contribution >= 0.6 is 32.3 Å². The summed E-state index contributed by atoms with van der Waals surface area (Å²) in [6.07, 6.45) is 3.41. The predicted octanol–water partition coefficient (Wildman–Crippen LogP) is 10.3. The van der Waals surface area contributed by atoms with E-state index >= 15 is 0 Å². The van der Waals surface area contributed by atoms with Crippen LogP contribution in [0.15, 0.2) is 212 Å². The summed E-state index contributed by atoms with van der Waals surface area (Å²) in [6.45, 7) is 0. The van der Waals surface area contributed by atoms with Crippen LogP contribution in [0.3, 0.4) is 0 Å². The zero-order valence-electron chi connectivity index (χ0n) is 28.2. The van der Waals surface area contributed by atoms with Crippen LogP contribution in [0, 0.1) is 0 Å². The molecule has 0 saturated carbocycles. The van der Waals surface area contributed by atoms with E-state index in [-0.39, 0.29) is 4.64 Å². The molecule has 1 unspecified atom stereocenters. The second-order valence-electron chi connectivity index (χ2n) is 12.2.